The Morgan fingerprint density at radius 3 is 2.59 bits per heavy atom. The first-order valence-electron chi connectivity index (χ1n) is 11.8. The number of hydrogen-bond donors (Lipinski definition) is 1. The Bertz CT molecular complexity index is 1610. The molecule has 0 aliphatic carbocycles. The second kappa shape index (κ2) is 11.1. The van der Waals surface area contributed by atoms with E-state index in [2.05, 4.69) is 15.3 Å². The van der Waals surface area contributed by atoms with Gasteiger partial charge in [0.05, 0.1) is 23.7 Å². The van der Waals surface area contributed by atoms with Crippen LogP contribution in [0.15, 0.2) is 85.5 Å². The topological polar surface area (TPSA) is 102 Å². The Kier molecular flexibility index (Phi) is 7.43. The number of rotatable bonds is 10. The number of nitrogens with zero attached hydrogens (tertiary/aromatic N) is 5. The molecule has 0 bridgehead atoms. The van der Waals surface area contributed by atoms with Crippen LogP contribution in [0.2, 0.25) is 0 Å². The highest BCUT2D eigenvalue weighted by Crippen LogP contribution is 2.31. The summed E-state index contributed by atoms with van der Waals surface area (Å²) in [4.78, 5) is 13.5. The van der Waals surface area contributed by atoms with Crippen LogP contribution in [0.1, 0.15) is 17.7 Å². The third-order valence-corrected chi connectivity index (χ3v) is 7.74. The van der Waals surface area contributed by atoms with Crippen LogP contribution < -0.4 is 5.32 Å². The first-order chi connectivity index (χ1) is 18.0. The summed E-state index contributed by atoms with van der Waals surface area (Å²) in [5.74, 6) is 1.30. The molecular weight excluding hydrogens is 508 g/mol. The third kappa shape index (κ3) is 5.95. The molecule has 0 saturated carbocycles. The molecule has 0 aliphatic rings. The lowest BCUT2D eigenvalue weighted by atomic mass is 10.1. The van der Waals surface area contributed by atoms with E-state index in [0.717, 1.165) is 22.3 Å². The highest BCUT2D eigenvalue weighted by atomic mass is 35.5. The first kappa shape index (κ1) is 24.9. The number of fused-ring (bicyclic) bond motifs is 1. The lowest BCUT2D eigenvalue weighted by molar-refractivity contribution is 0.594. The predicted octanol–water partition coefficient (Wildman–Crippen LogP) is 5.01. The summed E-state index contributed by atoms with van der Waals surface area (Å²) in [6.45, 7) is 0.476. The molecule has 37 heavy (non-hydrogen) atoms. The van der Waals surface area contributed by atoms with Gasteiger partial charge in [-0.1, -0.05) is 36.4 Å². The molecule has 0 unspecified atom stereocenters. The number of nitrogens with one attached hydrogen (secondary N) is 1. The van der Waals surface area contributed by atoms with Crippen LogP contribution >= 0.6 is 11.6 Å². The SMILES string of the molecule is O=S(=O)(CCCCl)Cc1cncc(-c2nc(NCc3ccccn3)c3c(-c4ccccc4)ccn3n2)c1. The smallest absolute Gasteiger partial charge is 0.183 e. The number of sulfone groups is 1. The van der Waals surface area contributed by atoms with Gasteiger partial charge >= 0.3 is 0 Å². The second-order valence-electron chi connectivity index (χ2n) is 8.56. The number of pyridine rings is 2. The standard InChI is InChI=1S/C27H25ClN6O2S/c28-11-6-14-37(35,36)19-20-15-22(17-29-16-20)26-32-27(31-18-23-9-4-5-12-30-23)25-24(10-13-34(25)33-26)21-7-2-1-3-8-21/h1-5,7-10,12-13,15-17H,6,11,14,18-19H2,(H,31,32,33). The molecule has 10 heteroatoms. The fourth-order valence-electron chi connectivity index (χ4n) is 4.09. The van der Waals surface area contributed by atoms with Gasteiger partial charge in [-0.3, -0.25) is 9.97 Å². The van der Waals surface area contributed by atoms with E-state index in [1.54, 1.807) is 29.2 Å². The molecule has 0 saturated heterocycles. The van der Waals surface area contributed by atoms with Crippen LogP contribution in [0, 0.1) is 0 Å². The zero-order valence-corrected chi connectivity index (χ0v) is 21.5. The molecule has 5 aromatic rings. The highest BCUT2D eigenvalue weighted by Gasteiger charge is 2.17. The third-order valence-electron chi connectivity index (χ3n) is 5.79. The molecule has 4 aromatic heterocycles. The number of benzene rings is 1. The average molecular weight is 533 g/mol. The van der Waals surface area contributed by atoms with Crippen LogP contribution in [0.5, 0.6) is 0 Å². The van der Waals surface area contributed by atoms with E-state index in [9.17, 15) is 8.42 Å². The first-order valence-corrected chi connectivity index (χ1v) is 14.2. The number of anilines is 1. The Balaban J connectivity index is 1.55. The fourth-order valence-corrected chi connectivity index (χ4v) is 5.77. The zero-order valence-electron chi connectivity index (χ0n) is 20.0. The number of halogens is 1. The van der Waals surface area contributed by atoms with Crippen molar-refractivity contribution < 1.29 is 8.42 Å². The quantitative estimate of drug-likeness (QED) is 0.252. The minimum atomic E-state index is -3.29. The van der Waals surface area contributed by atoms with E-state index in [-0.39, 0.29) is 11.5 Å². The Morgan fingerprint density at radius 2 is 1.81 bits per heavy atom. The molecular formula is C27H25ClN6O2S. The lowest BCUT2D eigenvalue weighted by Crippen LogP contribution is -2.10. The normalized spacial score (nSPS) is 11.6. The van der Waals surface area contributed by atoms with Crippen LogP contribution in [0.4, 0.5) is 5.82 Å². The van der Waals surface area contributed by atoms with E-state index >= 15 is 0 Å². The van der Waals surface area contributed by atoms with Crippen molar-refractivity contribution in [3.63, 3.8) is 0 Å². The summed E-state index contributed by atoms with van der Waals surface area (Å²) in [7, 11) is -3.29. The van der Waals surface area contributed by atoms with Gasteiger partial charge in [-0.15, -0.1) is 16.7 Å². The molecule has 0 atom stereocenters. The minimum absolute atomic E-state index is 0.0381. The molecule has 1 aromatic carbocycles. The van der Waals surface area contributed by atoms with Crippen LogP contribution in [-0.2, 0) is 22.1 Å². The second-order valence-corrected chi connectivity index (χ2v) is 11.1. The molecule has 5 rings (SSSR count). The van der Waals surface area contributed by atoms with Crippen molar-refractivity contribution >= 4 is 32.8 Å². The van der Waals surface area contributed by atoms with Gasteiger partial charge < -0.3 is 5.32 Å². The van der Waals surface area contributed by atoms with Crippen LogP contribution in [-0.4, -0.2) is 44.6 Å². The average Bonchev–Trinajstić information content (AvgIpc) is 3.36. The molecule has 1 N–H and O–H groups in total. The Morgan fingerprint density at radius 1 is 0.973 bits per heavy atom. The van der Waals surface area contributed by atoms with E-state index in [4.69, 9.17) is 21.7 Å². The van der Waals surface area contributed by atoms with Gasteiger partial charge in [-0.25, -0.2) is 17.9 Å². The summed E-state index contributed by atoms with van der Waals surface area (Å²) in [6, 6.07) is 19.6. The maximum atomic E-state index is 12.5. The minimum Gasteiger partial charge on any atom is -0.363 e. The van der Waals surface area contributed by atoms with Gasteiger partial charge in [-0.05, 0) is 41.8 Å². The molecule has 188 valence electrons. The van der Waals surface area contributed by atoms with Crippen molar-refractivity contribution in [3.8, 4) is 22.5 Å². The highest BCUT2D eigenvalue weighted by molar-refractivity contribution is 7.90. The molecule has 0 fully saturated rings. The number of hydrogen-bond acceptors (Lipinski definition) is 7. The number of alkyl halides is 1. The van der Waals surface area contributed by atoms with Gasteiger partial charge in [-0.2, -0.15) is 0 Å². The van der Waals surface area contributed by atoms with Gasteiger partial charge in [0.25, 0.3) is 0 Å². The predicted molar refractivity (Wildman–Crippen MR) is 146 cm³/mol. The zero-order chi connectivity index (χ0) is 25.7. The van der Waals surface area contributed by atoms with Crippen molar-refractivity contribution in [2.75, 3.05) is 16.9 Å². The maximum Gasteiger partial charge on any atom is 0.183 e. The lowest BCUT2D eigenvalue weighted by Gasteiger charge is -2.12. The molecule has 0 amide bonds. The van der Waals surface area contributed by atoms with Crippen molar-refractivity contribution in [1.29, 1.82) is 0 Å². The van der Waals surface area contributed by atoms with E-state index < -0.39 is 9.84 Å². The van der Waals surface area contributed by atoms with E-state index in [1.165, 1.54) is 0 Å². The van der Waals surface area contributed by atoms with Crippen molar-refractivity contribution in [2.24, 2.45) is 0 Å². The summed E-state index contributed by atoms with van der Waals surface area (Å²) < 4.78 is 26.7. The summed E-state index contributed by atoms with van der Waals surface area (Å²) in [5.41, 5.74) is 4.96. The largest absolute Gasteiger partial charge is 0.363 e. The molecule has 0 spiro atoms. The summed E-state index contributed by atoms with van der Waals surface area (Å²) >= 11 is 5.68. The van der Waals surface area contributed by atoms with Crippen LogP contribution in [0.3, 0.4) is 0 Å². The van der Waals surface area contributed by atoms with E-state index in [0.29, 0.717) is 41.6 Å². The number of aromatic nitrogens is 5. The fraction of sp³-hybridized carbons (Fsp3) is 0.185. The molecule has 8 nitrogen and oxygen atoms in total. The van der Waals surface area contributed by atoms with Crippen molar-refractivity contribution in [1.82, 2.24) is 24.6 Å². The monoisotopic (exact) mass is 532 g/mol. The summed E-state index contributed by atoms with van der Waals surface area (Å²) in [6.07, 6.45) is 7.26. The van der Waals surface area contributed by atoms with Gasteiger partial charge in [0.15, 0.2) is 21.5 Å². The molecule has 4 heterocycles. The molecule has 0 aliphatic heterocycles. The van der Waals surface area contributed by atoms with Crippen molar-refractivity contribution in [2.45, 2.75) is 18.7 Å². The van der Waals surface area contributed by atoms with Gasteiger partial charge in [0, 0.05) is 41.8 Å². The summed E-state index contributed by atoms with van der Waals surface area (Å²) in [5, 5.41) is 8.16. The van der Waals surface area contributed by atoms with Crippen LogP contribution in [0.25, 0.3) is 28.0 Å². The van der Waals surface area contributed by atoms with Crippen molar-refractivity contribution in [3.05, 3.63) is 96.7 Å². The molecule has 0 radical (unpaired) electrons. The Hall–Kier alpha value is -3.82. The Labute approximate surface area is 220 Å². The van der Waals surface area contributed by atoms with E-state index in [1.807, 2.05) is 60.8 Å². The van der Waals surface area contributed by atoms with Gasteiger partial charge in [0.1, 0.15) is 5.52 Å². The van der Waals surface area contributed by atoms with Gasteiger partial charge in [0.2, 0.25) is 0 Å². The maximum absolute atomic E-state index is 12.5.